The summed E-state index contributed by atoms with van der Waals surface area (Å²) in [5.74, 6) is 0.914. The van der Waals surface area contributed by atoms with Gasteiger partial charge in [0.2, 0.25) is 0 Å². The minimum Gasteiger partial charge on any atom is -0.496 e. The van der Waals surface area contributed by atoms with E-state index in [-0.39, 0.29) is 0 Å². The molecule has 0 aliphatic carbocycles. The van der Waals surface area contributed by atoms with Gasteiger partial charge in [-0.3, -0.25) is 4.68 Å². The number of hydrogen-bond acceptors (Lipinski definition) is 3. The molecule has 0 fully saturated rings. The maximum Gasteiger partial charge on any atom is 0.122 e. The molecule has 4 heteroatoms. The van der Waals surface area contributed by atoms with E-state index in [2.05, 4.69) is 25.0 Å². The number of nitrogens with zero attached hydrogens (tertiary/aromatic N) is 2. The average molecular weight is 245 g/mol. The summed E-state index contributed by atoms with van der Waals surface area (Å²) in [4.78, 5) is 0. The molecule has 0 saturated carbocycles. The number of benzene rings is 1. The number of rotatable bonds is 3. The molecule has 0 saturated heterocycles. The standard InChI is InChI=1S/C14H19N3O/c1-9-10(2)14(18-4)6-5-12(9)13-7-11(8-15)16-17(13)3/h5-7H,8,15H2,1-4H3. The first-order valence-electron chi connectivity index (χ1n) is 5.96. The number of ether oxygens (including phenoxy) is 1. The zero-order valence-electron chi connectivity index (χ0n) is 11.3. The highest BCUT2D eigenvalue weighted by Gasteiger charge is 2.12. The van der Waals surface area contributed by atoms with Crippen molar-refractivity contribution in [1.82, 2.24) is 9.78 Å². The maximum atomic E-state index is 5.63. The Labute approximate surface area is 107 Å². The molecule has 96 valence electrons. The maximum absolute atomic E-state index is 5.63. The van der Waals surface area contributed by atoms with Gasteiger partial charge in [-0.2, -0.15) is 5.10 Å². The van der Waals surface area contributed by atoms with Crippen molar-refractivity contribution < 1.29 is 4.74 Å². The minimum absolute atomic E-state index is 0.460. The van der Waals surface area contributed by atoms with Crippen molar-refractivity contribution in [3.05, 3.63) is 35.0 Å². The van der Waals surface area contributed by atoms with Crippen LogP contribution in [0.5, 0.6) is 5.75 Å². The highest BCUT2D eigenvalue weighted by molar-refractivity contribution is 5.67. The minimum atomic E-state index is 0.460. The van der Waals surface area contributed by atoms with Crippen molar-refractivity contribution in [3.63, 3.8) is 0 Å². The summed E-state index contributed by atoms with van der Waals surface area (Å²) in [5, 5.41) is 4.38. The lowest BCUT2D eigenvalue weighted by Gasteiger charge is -2.12. The summed E-state index contributed by atoms with van der Waals surface area (Å²) in [6.07, 6.45) is 0. The van der Waals surface area contributed by atoms with Crippen LogP contribution in [0, 0.1) is 13.8 Å². The van der Waals surface area contributed by atoms with E-state index >= 15 is 0 Å². The summed E-state index contributed by atoms with van der Waals surface area (Å²) in [6, 6.07) is 6.10. The summed E-state index contributed by atoms with van der Waals surface area (Å²) in [5.41, 5.74) is 11.1. The molecule has 0 spiro atoms. The molecular weight excluding hydrogens is 226 g/mol. The first-order valence-corrected chi connectivity index (χ1v) is 5.96. The molecule has 2 aromatic rings. The van der Waals surface area contributed by atoms with Crippen LogP contribution < -0.4 is 10.5 Å². The molecule has 0 unspecified atom stereocenters. The van der Waals surface area contributed by atoms with E-state index in [9.17, 15) is 0 Å². The lowest BCUT2D eigenvalue weighted by molar-refractivity contribution is 0.411. The zero-order chi connectivity index (χ0) is 13.3. The largest absolute Gasteiger partial charge is 0.496 e. The van der Waals surface area contributed by atoms with Crippen LogP contribution in [0.3, 0.4) is 0 Å². The molecular formula is C14H19N3O. The summed E-state index contributed by atoms with van der Waals surface area (Å²) in [6.45, 7) is 4.63. The first-order chi connectivity index (χ1) is 8.58. The first kappa shape index (κ1) is 12.6. The van der Waals surface area contributed by atoms with E-state index in [0.717, 1.165) is 22.7 Å². The van der Waals surface area contributed by atoms with Gasteiger partial charge in [-0.15, -0.1) is 0 Å². The molecule has 18 heavy (non-hydrogen) atoms. The molecule has 0 amide bonds. The van der Waals surface area contributed by atoms with Gasteiger partial charge in [0.05, 0.1) is 18.5 Å². The Kier molecular flexibility index (Phi) is 3.39. The molecule has 1 aromatic heterocycles. The van der Waals surface area contributed by atoms with Crippen LogP contribution in [0.1, 0.15) is 16.8 Å². The second-order valence-electron chi connectivity index (χ2n) is 4.41. The van der Waals surface area contributed by atoms with Crippen LogP contribution in [-0.2, 0) is 13.6 Å². The Hall–Kier alpha value is -1.81. The molecule has 0 aliphatic heterocycles. The van der Waals surface area contributed by atoms with Crippen molar-refractivity contribution in [3.8, 4) is 17.0 Å². The number of aryl methyl sites for hydroxylation is 1. The smallest absolute Gasteiger partial charge is 0.122 e. The third-order valence-corrected chi connectivity index (χ3v) is 3.37. The monoisotopic (exact) mass is 245 g/mol. The number of methoxy groups -OCH3 is 1. The van der Waals surface area contributed by atoms with E-state index in [1.54, 1.807) is 7.11 Å². The molecule has 0 bridgehead atoms. The average Bonchev–Trinajstić information content (AvgIpc) is 2.74. The highest BCUT2D eigenvalue weighted by Crippen LogP contribution is 2.31. The Morgan fingerprint density at radius 2 is 2.00 bits per heavy atom. The van der Waals surface area contributed by atoms with Crippen LogP contribution >= 0.6 is 0 Å². The van der Waals surface area contributed by atoms with Crippen LogP contribution in [0.15, 0.2) is 18.2 Å². The van der Waals surface area contributed by atoms with E-state index < -0.39 is 0 Å². The van der Waals surface area contributed by atoms with Crippen LogP contribution in [-0.4, -0.2) is 16.9 Å². The van der Waals surface area contributed by atoms with Gasteiger partial charge >= 0.3 is 0 Å². The second kappa shape index (κ2) is 4.82. The van der Waals surface area contributed by atoms with E-state index in [0.29, 0.717) is 6.54 Å². The van der Waals surface area contributed by atoms with Crippen LogP contribution in [0.4, 0.5) is 0 Å². The van der Waals surface area contributed by atoms with Gasteiger partial charge in [0, 0.05) is 19.2 Å². The summed E-state index contributed by atoms with van der Waals surface area (Å²) in [7, 11) is 3.63. The van der Waals surface area contributed by atoms with Crippen molar-refractivity contribution in [1.29, 1.82) is 0 Å². The quantitative estimate of drug-likeness (QED) is 0.901. The fourth-order valence-corrected chi connectivity index (χ4v) is 2.17. The topological polar surface area (TPSA) is 53.1 Å². The Bertz CT molecular complexity index is 573. The van der Waals surface area contributed by atoms with Gasteiger partial charge in [-0.1, -0.05) is 0 Å². The molecule has 2 N–H and O–H groups in total. The summed E-state index contributed by atoms with van der Waals surface area (Å²) >= 11 is 0. The predicted octanol–water partition coefficient (Wildman–Crippen LogP) is 2.17. The van der Waals surface area contributed by atoms with Crippen LogP contribution in [0.2, 0.25) is 0 Å². The number of hydrogen-bond donors (Lipinski definition) is 1. The lowest BCUT2D eigenvalue weighted by Crippen LogP contribution is -1.99. The number of aromatic nitrogens is 2. The Morgan fingerprint density at radius 1 is 1.28 bits per heavy atom. The molecule has 0 aliphatic rings. The van der Waals surface area contributed by atoms with Gasteiger partial charge in [0.1, 0.15) is 5.75 Å². The van der Waals surface area contributed by atoms with Crippen molar-refractivity contribution in [2.45, 2.75) is 20.4 Å². The zero-order valence-corrected chi connectivity index (χ0v) is 11.3. The second-order valence-corrected chi connectivity index (χ2v) is 4.41. The molecule has 0 atom stereocenters. The SMILES string of the molecule is COc1ccc(-c2cc(CN)nn2C)c(C)c1C. The van der Waals surface area contributed by atoms with Crippen molar-refractivity contribution in [2.75, 3.05) is 7.11 Å². The van der Waals surface area contributed by atoms with E-state index in [1.807, 2.05) is 23.9 Å². The van der Waals surface area contributed by atoms with Gasteiger partial charge in [0.15, 0.2) is 0 Å². The van der Waals surface area contributed by atoms with Crippen LogP contribution in [0.25, 0.3) is 11.3 Å². The van der Waals surface area contributed by atoms with Gasteiger partial charge < -0.3 is 10.5 Å². The summed E-state index contributed by atoms with van der Waals surface area (Å²) < 4.78 is 7.20. The molecule has 1 aromatic carbocycles. The van der Waals surface area contributed by atoms with Crippen molar-refractivity contribution in [2.24, 2.45) is 12.8 Å². The molecule has 2 rings (SSSR count). The normalized spacial score (nSPS) is 10.7. The third-order valence-electron chi connectivity index (χ3n) is 3.37. The van der Waals surface area contributed by atoms with Crippen molar-refractivity contribution >= 4 is 0 Å². The third kappa shape index (κ3) is 1.99. The van der Waals surface area contributed by atoms with E-state index in [1.165, 1.54) is 11.1 Å². The van der Waals surface area contributed by atoms with Gasteiger partial charge in [0.25, 0.3) is 0 Å². The fraction of sp³-hybridized carbons (Fsp3) is 0.357. The Balaban J connectivity index is 2.57. The molecule has 4 nitrogen and oxygen atoms in total. The van der Waals surface area contributed by atoms with E-state index in [4.69, 9.17) is 10.5 Å². The fourth-order valence-electron chi connectivity index (χ4n) is 2.17. The Morgan fingerprint density at radius 3 is 2.56 bits per heavy atom. The molecule has 0 radical (unpaired) electrons. The van der Waals surface area contributed by atoms with Gasteiger partial charge in [-0.05, 0) is 43.2 Å². The lowest BCUT2D eigenvalue weighted by atomic mass is 10.00. The highest BCUT2D eigenvalue weighted by atomic mass is 16.5. The van der Waals surface area contributed by atoms with Gasteiger partial charge in [-0.25, -0.2) is 0 Å². The predicted molar refractivity (Wildman–Crippen MR) is 72.6 cm³/mol. The number of nitrogens with two attached hydrogens (primary N) is 1. The molecule has 1 heterocycles.